The number of rotatable bonds is 27. The molecule has 0 heterocycles. The first kappa shape index (κ1) is 41.2. The topological polar surface area (TPSA) is 169 Å². The Morgan fingerprint density at radius 3 is 1.84 bits per heavy atom. The molecule has 0 aliphatic rings. The van der Waals surface area contributed by atoms with Gasteiger partial charge < -0.3 is 25.2 Å². The maximum Gasteiger partial charge on any atom is 0.472 e. The lowest BCUT2D eigenvalue weighted by Gasteiger charge is -2.18. The smallest absolute Gasteiger partial charge is 0.472 e. The van der Waals surface area contributed by atoms with Gasteiger partial charge in [0.15, 0.2) is 6.04 Å². The van der Waals surface area contributed by atoms with E-state index in [0.717, 1.165) is 44.9 Å². The van der Waals surface area contributed by atoms with E-state index >= 15 is 0 Å². The first-order chi connectivity index (χ1) is 21.1. The quantitative estimate of drug-likeness (QED) is 0.0356. The van der Waals surface area contributed by atoms with Crippen LogP contribution in [0.25, 0.3) is 0 Å². The monoisotopic (exact) mass is 641 g/mol. The summed E-state index contributed by atoms with van der Waals surface area (Å²) in [6, 6.07) is -1.55. The molecule has 4 N–H and O–H groups in total. The third kappa shape index (κ3) is 26.8. The summed E-state index contributed by atoms with van der Waals surface area (Å²) in [4.78, 5) is 44.8. The number of amides is 1. The number of phosphoric acid groups is 1. The molecule has 12 heteroatoms. The molecular formula is C32H52NO10P. The summed E-state index contributed by atoms with van der Waals surface area (Å²) >= 11 is 0. The van der Waals surface area contributed by atoms with E-state index in [1.165, 1.54) is 0 Å². The molecule has 0 bridgehead atoms. The van der Waals surface area contributed by atoms with E-state index < -0.39 is 57.6 Å². The molecule has 44 heavy (non-hydrogen) atoms. The molecule has 0 rings (SSSR count). The molecule has 11 nitrogen and oxygen atoms in total. The Kier molecular flexibility index (Phi) is 25.9. The molecule has 0 saturated heterocycles. The molecule has 1 amide bonds. The molecule has 3 atom stereocenters. The zero-order valence-electron chi connectivity index (χ0n) is 26.2. The number of ether oxygens (including phenoxy) is 1. The number of aliphatic carboxylic acids is 1. The van der Waals surface area contributed by atoms with Crippen LogP contribution in [-0.4, -0.2) is 64.9 Å². The van der Waals surface area contributed by atoms with Crippen molar-refractivity contribution in [2.75, 3.05) is 19.8 Å². The summed E-state index contributed by atoms with van der Waals surface area (Å²) in [5.41, 5.74) is 0. The number of hydrogen-bond donors (Lipinski definition) is 4. The van der Waals surface area contributed by atoms with Gasteiger partial charge in [-0.3, -0.25) is 18.6 Å². The number of aliphatic hydroxyl groups excluding tert-OH is 1. The van der Waals surface area contributed by atoms with Crippen LogP contribution in [0.5, 0.6) is 0 Å². The fourth-order valence-corrected chi connectivity index (χ4v) is 4.18. The van der Waals surface area contributed by atoms with Gasteiger partial charge in [0.1, 0.15) is 12.7 Å². The minimum absolute atomic E-state index is 0.124. The Hall–Kier alpha value is -2.82. The predicted molar refractivity (Wildman–Crippen MR) is 171 cm³/mol. The Labute approximate surface area is 262 Å². The van der Waals surface area contributed by atoms with Crippen molar-refractivity contribution in [3.63, 3.8) is 0 Å². The fraction of sp³-hybridized carbons (Fsp3) is 0.594. The van der Waals surface area contributed by atoms with Gasteiger partial charge in [0, 0.05) is 12.8 Å². The number of unbranched alkanes of at least 4 members (excludes halogenated alkanes) is 3. The van der Waals surface area contributed by atoms with Crippen LogP contribution in [0.3, 0.4) is 0 Å². The Morgan fingerprint density at radius 2 is 1.30 bits per heavy atom. The standard InChI is InChI=1S/C32H52NO10P/c1-3-5-7-8-9-10-11-12-13-14-15-16-17-18-19-20-22-24-31(36)41-25-28(34)26-42-44(39,40)43-27-29(32(37)38)33-30(35)23-21-6-4-2/h5,7,9-10,12-13,15-16,18-19,28-29,34H,3-4,6,8,11,14,17,20-27H2,1-2H3,(H,33,35)(H,37,38)(H,39,40)/b7-5-,10-9-,13-12-,16-15-,19-18-. The van der Waals surface area contributed by atoms with Crippen molar-refractivity contribution in [3.05, 3.63) is 60.8 Å². The molecule has 0 aromatic rings. The molecule has 0 aromatic heterocycles. The molecule has 0 aliphatic heterocycles. The van der Waals surface area contributed by atoms with Crippen LogP contribution >= 0.6 is 7.82 Å². The van der Waals surface area contributed by atoms with E-state index in [2.05, 4.69) is 69.9 Å². The van der Waals surface area contributed by atoms with Gasteiger partial charge in [-0.25, -0.2) is 9.36 Å². The van der Waals surface area contributed by atoms with E-state index in [4.69, 9.17) is 4.74 Å². The van der Waals surface area contributed by atoms with Gasteiger partial charge in [-0.1, -0.05) is 87.4 Å². The van der Waals surface area contributed by atoms with Crippen LogP contribution in [0.1, 0.15) is 90.9 Å². The van der Waals surface area contributed by atoms with Crippen LogP contribution in [0.2, 0.25) is 0 Å². The molecule has 0 spiro atoms. The van der Waals surface area contributed by atoms with Gasteiger partial charge in [0.05, 0.1) is 13.2 Å². The van der Waals surface area contributed by atoms with E-state index in [1.807, 2.05) is 19.1 Å². The number of carboxylic acid groups (broad SMARTS) is 1. The van der Waals surface area contributed by atoms with Crippen LogP contribution in [0.15, 0.2) is 60.8 Å². The molecule has 0 aromatic carbocycles. The summed E-state index contributed by atoms with van der Waals surface area (Å²) in [5.74, 6) is -2.49. The van der Waals surface area contributed by atoms with Crippen LogP contribution < -0.4 is 5.32 Å². The summed E-state index contributed by atoms with van der Waals surface area (Å²) in [7, 11) is -4.74. The van der Waals surface area contributed by atoms with Crippen molar-refractivity contribution in [1.82, 2.24) is 5.32 Å². The highest BCUT2D eigenvalue weighted by molar-refractivity contribution is 7.47. The SMILES string of the molecule is CC/C=C\C/C=C\C/C=C\C/C=C\C/C=C\CCCC(=O)OCC(O)COP(=O)(O)OCC(NC(=O)CCCCC)C(=O)O. The van der Waals surface area contributed by atoms with Crippen LogP contribution in [0, 0.1) is 0 Å². The van der Waals surface area contributed by atoms with Gasteiger partial charge in [-0.2, -0.15) is 0 Å². The second kappa shape index (κ2) is 27.7. The summed E-state index contributed by atoms with van der Waals surface area (Å²) in [6.07, 6.45) is 28.2. The normalized spacial score (nSPS) is 15.0. The van der Waals surface area contributed by atoms with E-state index in [-0.39, 0.29) is 12.8 Å². The lowest BCUT2D eigenvalue weighted by Crippen LogP contribution is -2.43. The zero-order valence-corrected chi connectivity index (χ0v) is 27.1. The molecule has 0 aliphatic carbocycles. The maximum absolute atomic E-state index is 12.0. The first-order valence-electron chi connectivity index (χ1n) is 15.3. The zero-order chi connectivity index (χ0) is 32.9. The van der Waals surface area contributed by atoms with Gasteiger partial charge in [0.2, 0.25) is 5.91 Å². The van der Waals surface area contributed by atoms with Gasteiger partial charge >= 0.3 is 19.8 Å². The average Bonchev–Trinajstić information content (AvgIpc) is 2.98. The number of allylic oxidation sites excluding steroid dienone is 10. The first-order valence-corrected chi connectivity index (χ1v) is 16.8. The molecular weight excluding hydrogens is 589 g/mol. The molecule has 0 radical (unpaired) electrons. The Morgan fingerprint density at radius 1 is 0.750 bits per heavy atom. The van der Waals surface area contributed by atoms with Gasteiger partial charge in [-0.05, 0) is 51.4 Å². The largest absolute Gasteiger partial charge is 0.480 e. The third-order valence-corrected chi connectivity index (χ3v) is 6.77. The van der Waals surface area contributed by atoms with Crippen molar-refractivity contribution in [1.29, 1.82) is 0 Å². The maximum atomic E-state index is 12.0. The van der Waals surface area contributed by atoms with Crippen molar-refractivity contribution < 1.29 is 47.8 Å². The summed E-state index contributed by atoms with van der Waals surface area (Å²) in [5, 5.41) is 21.3. The average molecular weight is 642 g/mol. The number of hydrogen-bond acceptors (Lipinski definition) is 8. The number of carbonyl (C=O) groups excluding carboxylic acids is 2. The molecule has 0 saturated carbocycles. The van der Waals surface area contributed by atoms with Gasteiger partial charge in [0.25, 0.3) is 0 Å². The van der Waals surface area contributed by atoms with Crippen molar-refractivity contribution >= 4 is 25.7 Å². The number of carbonyl (C=O) groups is 3. The van der Waals surface area contributed by atoms with E-state index in [1.54, 1.807) is 0 Å². The number of aliphatic hydroxyl groups is 1. The van der Waals surface area contributed by atoms with Crippen molar-refractivity contribution in [3.8, 4) is 0 Å². The van der Waals surface area contributed by atoms with Gasteiger partial charge in [-0.15, -0.1) is 0 Å². The second-order valence-corrected chi connectivity index (χ2v) is 11.4. The van der Waals surface area contributed by atoms with Crippen molar-refractivity contribution in [2.45, 2.75) is 103 Å². The molecule has 0 fully saturated rings. The number of nitrogens with one attached hydrogen (secondary N) is 1. The Balaban J connectivity index is 4.04. The molecule has 250 valence electrons. The summed E-state index contributed by atoms with van der Waals surface area (Å²) < 4.78 is 26.3. The lowest BCUT2D eigenvalue weighted by molar-refractivity contribution is -0.147. The fourth-order valence-electron chi connectivity index (χ4n) is 3.41. The van der Waals surface area contributed by atoms with Crippen LogP contribution in [-0.2, 0) is 32.7 Å². The summed E-state index contributed by atoms with van der Waals surface area (Å²) in [6.45, 7) is 2.12. The minimum Gasteiger partial charge on any atom is -0.480 e. The second-order valence-electron chi connectivity index (χ2n) is 9.91. The number of esters is 1. The highest BCUT2D eigenvalue weighted by atomic mass is 31.2. The number of carboxylic acids is 1. The lowest BCUT2D eigenvalue weighted by atomic mass is 10.2. The Bertz CT molecular complexity index is 990. The molecule has 3 unspecified atom stereocenters. The number of phosphoric ester groups is 1. The van der Waals surface area contributed by atoms with E-state index in [0.29, 0.717) is 19.3 Å². The van der Waals surface area contributed by atoms with Crippen LogP contribution in [0.4, 0.5) is 0 Å². The highest BCUT2D eigenvalue weighted by Crippen LogP contribution is 2.43. The minimum atomic E-state index is -4.74. The van der Waals surface area contributed by atoms with E-state index in [9.17, 15) is 34.1 Å². The predicted octanol–water partition coefficient (Wildman–Crippen LogP) is 6.10. The van der Waals surface area contributed by atoms with Crippen molar-refractivity contribution in [2.24, 2.45) is 0 Å². The highest BCUT2D eigenvalue weighted by Gasteiger charge is 2.28. The third-order valence-electron chi connectivity index (χ3n) is 5.82.